The van der Waals surface area contributed by atoms with Gasteiger partial charge in [0, 0.05) is 36.9 Å². The van der Waals surface area contributed by atoms with Crippen molar-refractivity contribution in [3.8, 4) is 5.75 Å². The molecule has 2 bridgehead atoms. The highest BCUT2D eigenvalue weighted by Crippen LogP contribution is 2.54. The van der Waals surface area contributed by atoms with Crippen molar-refractivity contribution >= 4 is 33.2 Å². The Morgan fingerprint density at radius 1 is 1.00 bits per heavy atom. The predicted octanol–water partition coefficient (Wildman–Crippen LogP) is 4.84. The fraction of sp³-hybridized carbons (Fsp3) is 0.485. The zero-order chi connectivity index (χ0) is 33.8. The average molecular weight is 678 g/mol. The summed E-state index contributed by atoms with van der Waals surface area (Å²) in [5, 5.41) is 4.65. The van der Waals surface area contributed by atoms with E-state index in [0.717, 1.165) is 36.8 Å². The lowest BCUT2D eigenvalue weighted by Gasteiger charge is -2.31. The number of sulfone groups is 1. The van der Waals surface area contributed by atoms with Crippen molar-refractivity contribution < 1.29 is 45.1 Å². The Morgan fingerprint density at radius 3 is 2.36 bits per heavy atom. The SMILES string of the molecule is COc1ccc(C(=O)N2CCC(S(C)(=O)=O)C2)cc1C(=O)N[C@H]1[C@@H](C(=O)Nc2ccc(F)cc2C(F)(F)F)[C@H]2CC[C@@H]1/C2=C\C1CC1. The number of nitrogens with one attached hydrogen (secondary N) is 2. The van der Waals surface area contributed by atoms with Gasteiger partial charge in [-0.25, -0.2) is 12.8 Å². The number of alkyl halides is 3. The summed E-state index contributed by atoms with van der Waals surface area (Å²) in [5.41, 5.74) is -0.700. The number of benzene rings is 2. The molecule has 0 spiro atoms. The fourth-order valence-corrected chi connectivity index (χ4v) is 8.31. The largest absolute Gasteiger partial charge is 0.496 e. The van der Waals surface area contributed by atoms with Crippen molar-refractivity contribution in [2.75, 3.05) is 31.8 Å². The van der Waals surface area contributed by atoms with Gasteiger partial charge in [-0.3, -0.25) is 14.4 Å². The van der Waals surface area contributed by atoms with Crippen molar-refractivity contribution in [1.29, 1.82) is 0 Å². The summed E-state index contributed by atoms with van der Waals surface area (Å²) in [7, 11) is -1.98. The first-order chi connectivity index (χ1) is 22.2. The molecule has 3 saturated carbocycles. The molecule has 14 heteroatoms. The molecule has 3 amide bonds. The molecule has 6 rings (SSSR count). The minimum atomic E-state index is -4.91. The van der Waals surface area contributed by atoms with Gasteiger partial charge in [-0.05, 0) is 80.3 Å². The maximum absolute atomic E-state index is 13.9. The molecule has 4 fully saturated rings. The lowest BCUT2D eigenvalue weighted by atomic mass is 9.83. The molecule has 1 heterocycles. The molecule has 1 unspecified atom stereocenters. The summed E-state index contributed by atoms with van der Waals surface area (Å²) in [4.78, 5) is 42.4. The van der Waals surface area contributed by atoms with Gasteiger partial charge in [-0.2, -0.15) is 13.2 Å². The number of ether oxygens (including phenoxy) is 1. The van der Waals surface area contributed by atoms with E-state index in [1.54, 1.807) is 0 Å². The predicted molar refractivity (Wildman–Crippen MR) is 164 cm³/mol. The van der Waals surface area contributed by atoms with Crippen LogP contribution in [0.1, 0.15) is 58.4 Å². The van der Waals surface area contributed by atoms with E-state index in [9.17, 15) is 40.4 Å². The van der Waals surface area contributed by atoms with Crippen molar-refractivity contribution in [1.82, 2.24) is 10.2 Å². The van der Waals surface area contributed by atoms with Gasteiger partial charge in [0.25, 0.3) is 11.8 Å². The quantitative estimate of drug-likeness (QED) is 0.305. The molecule has 2 aromatic rings. The van der Waals surface area contributed by atoms with Crippen LogP contribution in [-0.4, -0.2) is 68.8 Å². The number of amides is 3. The Morgan fingerprint density at radius 2 is 1.72 bits per heavy atom. The maximum Gasteiger partial charge on any atom is 0.418 e. The number of fused-ring (bicyclic) bond motifs is 2. The van der Waals surface area contributed by atoms with Crippen LogP contribution in [0.5, 0.6) is 5.75 Å². The molecule has 2 aromatic carbocycles. The molecule has 3 aliphatic carbocycles. The molecule has 1 saturated heterocycles. The lowest BCUT2D eigenvalue weighted by molar-refractivity contribution is -0.137. The summed E-state index contributed by atoms with van der Waals surface area (Å²) in [6.07, 6.45) is 1.96. The third-order valence-corrected chi connectivity index (χ3v) is 11.4. The highest BCUT2D eigenvalue weighted by atomic mass is 32.2. The summed E-state index contributed by atoms with van der Waals surface area (Å²) in [5.74, 6) is -3.79. The minimum absolute atomic E-state index is 0.0183. The van der Waals surface area contributed by atoms with Gasteiger partial charge in [0.2, 0.25) is 5.91 Å². The van der Waals surface area contributed by atoms with Crippen LogP contribution >= 0.6 is 0 Å². The summed E-state index contributed by atoms with van der Waals surface area (Å²) < 4.78 is 84.4. The third-order valence-electron chi connectivity index (χ3n) is 9.82. The monoisotopic (exact) mass is 677 g/mol. The number of hydrogen-bond donors (Lipinski definition) is 2. The second-order valence-corrected chi connectivity index (χ2v) is 15.2. The van der Waals surface area contributed by atoms with Gasteiger partial charge in [-0.15, -0.1) is 0 Å². The standard InChI is InChI=1S/C33H35F4N3O6S/c1-46-27-10-5-18(32(43)40-12-11-20(16-40)47(2,44)45)14-24(27)30(41)39-29-22-8-7-21(23(22)13-17-3-4-17)28(29)31(42)38-26-9-6-19(34)15-25(26)33(35,36)37/h5-6,9-10,13-15,17,20-22,28-29H,3-4,7-8,11-12,16H2,1-2H3,(H,38,42)(H,39,41)/b23-13-/t20?,21-,22+,28-,29+/m0/s1. The van der Waals surface area contributed by atoms with Crippen LogP contribution in [0.3, 0.4) is 0 Å². The van der Waals surface area contributed by atoms with E-state index in [0.29, 0.717) is 31.2 Å². The number of halogens is 4. The van der Waals surface area contributed by atoms with Crippen molar-refractivity contribution in [2.24, 2.45) is 23.7 Å². The van der Waals surface area contributed by atoms with E-state index >= 15 is 0 Å². The third kappa shape index (κ3) is 6.61. The number of methoxy groups -OCH3 is 1. The van der Waals surface area contributed by atoms with Crippen molar-refractivity contribution in [3.05, 3.63) is 70.6 Å². The summed E-state index contributed by atoms with van der Waals surface area (Å²) >= 11 is 0. The van der Waals surface area contributed by atoms with Crippen LogP contribution in [0, 0.1) is 29.5 Å². The van der Waals surface area contributed by atoms with E-state index in [-0.39, 0.29) is 41.8 Å². The van der Waals surface area contributed by atoms with E-state index < -0.39 is 68.0 Å². The Labute approximate surface area is 269 Å². The Bertz CT molecular complexity index is 1760. The van der Waals surface area contributed by atoms with Crippen LogP contribution in [0.15, 0.2) is 48.0 Å². The highest BCUT2D eigenvalue weighted by Gasteiger charge is 2.55. The molecular formula is C33H35F4N3O6S. The van der Waals surface area contributed by atoms with Crippen LogP contribution in [0.4, 0.5) is 23.2 Å². The Balaban J connectivity index is 1.28. The Kier molecular flexibility index (Phi) is 8.60. The number of hydrogen-bond acceptors (Lipinski definition) is 6. The van der Waals surface area contributed by atoms with Crippen LogP contribution in [0.2, 0.25) is 0 Å². The lowest BCUT2D eigenvalue weighted by Crippen LogP contribution is -2.48. The van der Waals surface area contributed by atoms with Gasteiger partial charge >= 0.3 is 6.18 Å². The van der Waals surface area contributed by atoms with Gasteiger partial charge in [0.15, 0.2) is 9.84 Å². The van der Waals surface area contributed by atoms with Crippen molar-refractivity contribution in [3.63, 3.8) is 0 Å². The zero-order valence-electron chi connectivity index (χ0n) is 25.8. The van der Waals surface area contributed by atoms with E-state index in [1.807, 2.05) is 0 Å². The zero-order valence-corrected chi connectivity index (χ0v) is 26.6. The first-order valence-corrected chi connectivity index (χ1v) is 17.5. The number of allylic oxidation sites excluding steroid dienone is 1. The van der Waals surface area contributed by atoms with E-state index in [4.69, 9.17) is 4.74 Å². The molecule has 252 valence electrons. The molecule has 0 radical (unpaired) electrons. The van der Waals surface area contributed by atoms with Gasteiger partial charge < -0.3 is 20.3 Å². The molecule has 0 aromatic heterocycles. The molecule has 47 heavy (non-hydrogen) atoms. The molecule has 4 aliphatic rings. The van der Waals surface area contributed by atoms with Gasteiger partial charge in [-0.1, -0.05) is 11.6 Å². The highest BCUT2D eigenvalue weighted by molar-refractivity contribution is 7.91. The van der Waals surface area contributed by atoms with Crippen LogP contribution in [-0.2, 0) is 20.8 Å². The number of likely N-dealkylation sites (tertiary alicyclic amines) is 1. The number of anilines is 1. The first kappa shape index (κ1) is 33.0. The average Bonchev–Trinajstić information content (AvgIpc) is 3.40. The van der Waals surface area contributed by atoms with Gasteiger partial charge in [0.1, 0.15) is 11.6 Å². The first-order valence-electron chi connectivity index (χ1n) is 15.5. The molecule has 2 N–H and O–H groups in total. The van der Waals surface area contributed by atoms with Crippen LogP contribution in [0.25, 0.3) is 0 Å². The molecule has 1 aliphatic heterocycles. The number of rotatable bonds is 8. The summed E-state index contributed by atoms with van der Waals surface area (Å²) in [6.45, 7) is 0.277. The van der Waals surface area contributed by atoms with Gasteiger partial charge in [0.05, 0.1) is 35.1 Å². The maximum atomic E-state index is 13.9. The smallest absolute Gasteiger partial charge is 0.418 e. The Hall–Kier alpha value is -3.94. The van der Waals surface area contributed by atoms with Crippen LogP contribution < -0.4 is 15.4 Å². The van der Waals surface area contributed by atoms with E-state index in [2.05, 4.69) is 16.7 Å². The molecule has 9 nitrogen and oxygen atoms in total. The number of nitrogens with zero attached hydrogens (tertiary/aromatic N) is 1. The minimum Gasteiger partial charge on any atom is -0.496 e. The normalized spacial score (nSPS) is 26.5. The number of carbonyl (C=O) groups excluding carboxylic acids is 3. The van der Waals surface area contributed by atoms with Crippen molar-refractivity contribution in [2.45, 2.75) is 49.6 Å². The second kappa shape index (κ2) is 12.3. The fourth-order valence-electron chi connectivity index (χ4n) is 7.33. The summed E-state index contributed by atoms with van der Waals surface area (Å²) in [6, 6.07) is 5.59. The second-order valence-electron chi connectivity index (χ2n) is 12.9. The molecular weight excluding hydrogens is 642 g/mol. The number of carbonyl (C=O) groups is 3. The topological polar surface area (TPSA) is 122 Å². The molecule has 5 atom stereocenters. The van der Waals surface area contributed by atoms with E-state index in [1.165, 1.54) is 30.2 Å².